The van der Waals surface area contributed by atoms with E-state index in [9.17, 15) is 0 Å². The van der Waals surface area contributed by atoms with Crippen LogP contribution in [0.15, 0.2) is 170 Å². The summed E-state index contributed by atoms with van der Waals surface area (Å²) in [4.78, 5) is 0. The average Bonchev–Trinajstić information content (AvgIpc) is 3.30. The highest BCUT2D eigenvalue weighted by atomic mass is 14.3. The van der Waals surface area contributed by atoms with Gasteiger partial charge in [0.25, 0.3) is 0 Å². The quantitative estimate of drug-likeness (QED) is 0.159. The van der Waals surface area contributed by atoms with Crippen molar-refractivity contribution in [3.05, 3.63) is 170 Å². The molecule has 0 atom stereocenters. The van der Waals surface area contributed by atoms with Crippen molar-refractivity contribution < 1.29 is 0 Å². The van der Waals surface area contributed by atoms with Gasteiger partial charge in [0.15, 0.2) is 0 Å². The summed E-state index contributed by atoms with van der Waals surface area (Å²) in [7, 11) is 0. The maximum absolute atomic E-state index is 2.30. The topological polar surface area (TPSA) is 0 Å². The van der Waals surface area contributed by atoms with E-state index in [1.165, 1.54) is 76.8 Å². The van der Waals surface area contributed by atoms with E-state index in [2.05, 4.69) is 170 Å². The molecule has 8 rings (SSSR count). The molecule has 54 heavy (non-hydrogen) atoms. The third kappa shape index (κ3) is 9.55. The fourth-order valence-corrected chi connectivity index (χ4v) is 6.75. The van der Waals surface area contributed by atoms with E-state index < -0.39 is 0 Å². The third-order valence-electron chi connectivity index (χ3n) is 8.43. The van der Waals surface area contributed by atoms with E-state index in [1.54, 1.807) is 0 Å². The summed E-state index contributed by atoms with van der Waals surface area (Å²) in [6.45, 7) is 24.0. The zero-order valence-corrected chi connectivity index (χ0v) is 35.2. The van der Waals surface area contributed by atoms with Crippen LogP contribution >= 0.6 is 0 Å². The van der Waals surface area contributed by atoms with Gasteiger partial charge in [0.05, 0.1) is 0 Å². The van der Waals surface area contributed by atoms with Crippen LogP contribution in [0.4, 0.5) is 0 Å². The van der Waals surface area contributed by atoms with Gasteiger partial charge in [-0.15, -0.1) is 0 Å². The molecule has 8 aromatic carbocycles. The van der Waals surface area contributed by atoms with Crippen LogP contribution in [0.25, 0.3) is 76.8 Å². The lowest BCUT2D eigenvalue weighted by Gasteiger charge is -2.25. The summed E-state index contributed by atoms with van der Waals surface area (Å²) in [5.74, 6) is 0. The van der Waals surface area contributed by atoms with Crippen LogP contribution in [0.1, 0.15) is 83.1 Å². The van der Waals surface area contributed by atoms with Crippen molar-refractivity contribution in [2.45, 2.75) is 83.1 Å². The normalized spacial score (nSPS) is 9.48. The van der Waals surface area contributed by atoms with Gasteiger partial charge in [-0.2, -0.15) is 0 Å². The van der Waals surface area contributed by atoms with E-state index in [4.69, 9.17) is 0 Å². The van der Waals surface area contributed by atoms with Gasteiger partial charge in [-0.25, -0.2) is 0 Å². The molecular formula is C54H64. The Labute approximate surface area is 328 Å². The summed E-state index contributed by atoms with van der Waals surface area (Å²) in [5.41, 5.74) is 10.0. The standard InChI is InChI=1S/C42H28.6C2H6/c1-5-17-29(18-6-1)37-33-25-13-14-26-34(33)39(31-21-9-3-10-22-31)42-40(32-23-11-4-12-24-32)36-28-16-15-27-35(36)38(41(37)42)30-19-7-2-8-20-30;6*1-2/h1-28H;6*1-2H3. The maximum atomic E-state index is 2.30. The molecule has 0 unspecified atom stereocenters. The Kier molecular flexibility index (Phi) is 20.5. The average molecular weight is 713 g/mol. The van der Waals surface area contributed by atoms with Crippen LogP contribution in [0.5, 0.6) is 0 Å². The molecule has 0 radical (unpaired) electrons. The Morgan fingerprint density at radius 3 is 0.500 bits per heavy atom. The second-order valence-corrected chi connectivity index (χ2v) is 10.8. The van der Waals surface area contributed by atoms with E-state index in [0.717, 1.165) is 0 Å². The SMILES string of the molecule is CC.CC.CC.CC.CC.CC.c1ccc(-c2c3ccccc3c(-c3ccccc3)c3c(-c4ccccc4)c4ccccc4c(-c4ccccc4)c23)cc1. The van der Waals surface area contributed by atoms with E-state index in [0.29, 0.717) is 0 Å². The van der Waals surface area contributed by atoms with Gasteiger partial charge < -0.3 is 0 Å². The summed E-state index contributed by atoms with van der Waals surface area (Å²) in [5, 5.41) is 7.65. The number of rotatable bonds is 4. The van der Waals surface area contributed by atoms with Gasteiger partial charge in [0.1, 0.15) is 0 Å². The van der Waals surface area contributed by atoms with Crippen molar-refractivity contribution in [1.82, 2.24) is 0 Å². The Hall–Kier alpha value is -5.46. The minimum atomic E-state index is 1.23. The summed E-state index contributed by atoms with van der Waals surface area (Å²) in [6, 6.07) is 61.7. The van der Waals surface area contributed by atoms with Crippen molar-refractivity contribution >= 4 is 32.3 Å². The molecule has 0 heteroatoms. The van der Waals surface area contributed by atoms with Crippen LogP contribution in [0.3, 0.4) is 0 Å². The van der Waals surface area contributed by atoms with E-state index in [1.807, 2.05) is 83.1 Å². The first-order valence-electron chi connectivity index (χ1n) is 20.5. The van der Waals surface area contributed by atoms with Crippen molar-refractivity contribution in [2.75, 3.05) is 0 Å². The monoisotopic (exact) mass is 713 g/mol. The molecule has 0 amide bonds. The molecule has 0 aliphatic heterocycles. The zero-order chi connectivity index (χ0) is 39.9. The van der Waals surface area contributed by atoms with Crippen molar-refractivity contribution in [3.63, 3.8) is 0 Å². The first-order valence-corrected chi connectivity index (χ1v) is 20.5. The molecule has 0 bridgehead atoms. The Morgan fingerprint density at radius 1 is 0.185 bits per heavy atom. The summed E-state index contributed by atoms with van der Waals surface area (Å²) >= 11 is 0. The molecule has 0 fully saturated rings. The molecule has 0 saturated carbocycles. The smallest absolute Gasteiger partial charge is 0.000139 e. The molecule has 0 N–H and O–H groups in total. The van der Waals surface area contributed by atoms with Gasteiger partial charge in [0, 0.05) is 0 Å². The van der Waals surface area contributed by atoms with E-state index in [-0.39, 0.29) is 0 Å². The van der Waals surface area contributed by atoms with Gasteiger partial charge in [-0.05, 0) is 76.8 Å². The number of hydrogen-bond acceptors (Lipinski definition) is 0. The van der Waals surface area contributed by atoms with Crippen LogP contribution < -0.4 is 0 Å². The molecule has 0 nitrogen and oxygen atoms in total. The van der Waals surface area contributed by atoms with Gasteiger partial charge in [0.2, 0.25) is 0 Å². The fraction of sp³-hybridized carbons (Fsp3) is 0.222. The lowest BCUT2D eigenvalue weighted by atomic mass is 9.77. The van der Waals surface area contributed by atoms with Crippen LogP contribution in [0.2, 0.25) is 0 Å². The lowest BCUT2D eigenvalue weighted by Crippen LogP contribution is -1.97. The first-order chi connectivity index (χ1) is 26.9. The molecule has 0 aromatic heterocycles. The van der Waals surface area contributed by atoms with Gasteiger partial charge in [-0.1, -0.05) is 253 Å². The highest BCUT2D eigenvalue weighted by molar-refractivity contribution is 6.33. The van der Waals surface area contributed by atoms with Crippen molar-refractivity contribution in [1.29, 1.82) is 0 Å². The summed E-state index contributed by atoms with van der Waals surface area (Å²) < 4.78 is 0. The Balaban J connectivity index is 0.000000770. The Morgan fingerprint density at radius 2 is 0.333 bits per heavy atom. The highest BCUT2D eigenvalue weighted by Crippen LogP contribution is 2.53. The van der Waals surface area contributed by atoms with Crippen LogP contribution in [0, 0.1) is 0 Å². The molecule has 0 heterocycles. The van der Waals surface area contributed by atoms with Crippen molar-refractivity contribution in [3.8, 4) is 44.5 Å². The highest BCUT2D eigenvalue weighted by Gasteiger charge is 2.25. The van der Waals surface area contributed by atoms with E-state index >= 15 is 0 Å². The van der Waals surface area contributed by atoms with Gasteiger partial charge >= 0.3 is 0 Å². The van der Waals surface area contributed by atoms with Crippen LogP contribution in [-0.2, 0) is 0 Å². The zero-order valence-electron chi connectivity index (χ0n) is 35.2. The molecule has 280 valence electrons. The number of fused-ring (bicyclic) bond motifs is 3. The number of benzene rings is 8. The Bertz CT molecular complexity index is 1880. The fourth-order valence-electron chi connectivity index (χ4n) is 6.75. The molecule has 0 spiro atoms. The molecular weight excluding hydrogens is 649 g/mol. The predicted octanol–water partition coefficient (Wildman–Crippen LogP) is 18.0. The maximum Gasteiger partial charge on any atom is -0.000139 e. The first kappa shape index (κ1) is 44.7. The summed E-state index contributed by atoms with van der Waals surface area (Å²) in [6.07, 6.45) is 0. The second kappa shape index (κ2) is 24.7. The minimum absolute atomic E-state index is 1.23. The largest absolute Gasteiger partial charge is 0.0683 e. The van der Waals surface area contributed by atoms with Gasteiger partial charge in [-0.3, -0.25) is 0 Å². The predicted molar refractivity (Wildman–Crippen MR) is 249 cm³/mol. The molecule has 8 aromatic rings. The third-order valence-corrected chi connectivity index (χ3v) is 8.43. The lowest BCUT2D eigenvalue weighted by molar-refractivity contribution is 1.50. The molecule has 0 saturated heterocycles. The second-order valence-electron chi connectivity index (χ2n) is 10.8. The number of hydrogen-bond donors (Lipinski definition) is 0. The minimum Gasteiger partial charge on any atom is -0.0683 e. The van der Waals surface area contributed by atoms with Crippen LogP contribution in [-0.4, -0.2) is 0 Å². The molecule has 0 aliphatic carbocycles. The molecule has 0 aliphatic rings. The van der Waals surface area contributed by atoms with Crippen molar-refractivity contribution in [2.24, 2.45) is 0 Å².